The summed E-state index contributed by atoms with van der Waals surface area (Å²) in [5.74, 6) is 0.533. The fraction of sp³-hybridized carbons (Fsp3) is 0.417. The topological polar surface area (TPSA) is 57.7 Å². The summed E-state index contributed by atoms with van der Waals surface area (Å²) in [5.41, 5.74) is 3.07. The number of carbonyl (C=O) groups is 1. The van der Waals surface area contributed by atoms with Gasteiger partial charge in [0.05, 0.1) is 23.4 Å². The zero-order valence-corrected chi connectivity index (χ0v) is 19.5. The molecule has 1 fully saturated rings. The van der Waals surface area contributed by atoms with E-state index in [1.54, 1.807) is 13.2 Å². The Hall–Kier alpha value is -2.71. The third kappa shape index (κ3) is 3.33. The maximum Gasteiger partial charge on any atom is 0.323 e. The number of likely N-dealkylation sites (tertiary alicyclic amines) is 1. The lowest BCUT2D eigenvalue weighted by molar-refractivity contribution is 0.0213. The van der Waals surface area contributed by atoms with Crippen molar-refractivity contribution in [2.45, 2.75) is 37.3 Å². The largest absolute Gasteiger partial charge is 0.497 e. The number of benzene rings is 2. The summed E-state index contributed by atoms with van der Waals surface area (Å²) >= 11 is 1.28. The summed E-state index contributed by atoms with van der Waals surface area (Å²) in [4.78, 5) is 22.0. The average molecular weight is 455 g/mol. The fourth-order valence-corrected chi connectivity index (χ4v) is 6.39. The Bertz CT molecular complexity index is 1200. The lowest BCUT2D eigenvalue weighted by Crippen LogP contribution is -2.67. The Kier molecular flexibility index (Phi) is 5.09. The summed E-state index contributed by atoms with van der Waals surface area (Å²) in [6, 6.07) is 10.8. The first-order valence-electron chi connectivity index (χ1n) is 10.8. The van der Waals surface area contributed by atoms with E-state index in [0.29, 0.717) is 15.3 Å². The number of hydrogen-bond acceptors (Lipinski definition) is 5. The Morgan fingerprint density at radius 2 is 2.16 bits per heavy atom. The summed E-state index contributed by atoms with van der Waals surface area (Å²) in [7, 11) is 5.69. The normalized spacial score (nSPS) is 24.8. The van der Waals surface area contributed by atoms with E-state index in [9.17, 15) is 9.18 Å². The Morgan fingerprint density at radius 3 is 2.94 bits per heavy atom. The van der Waals surface area contributed by atoms with Crippen molar-refractivity contribution in [1.29, 1.82) is 0 Å². The van der Waals surface area contributed by atoms with E-state index < -0.39 is 0 Å². The zero-order valence-electron chi connectivity index (χ0n) is 18.7. The highest BCUT2D eigenvalue weighted by Gasteiger charge is 2.52. The molecule has 2 aromatic carbocycles. The molecule has 1 aromatic heterocycles. The monoisotopic (exact) mass is 454 g/mol. The Morgan fingerprint density at radius 1 is 1.34 bits per heavy atom. The number of thiazole rings is 1. The number of likely N-dealkylation sites (N-methyl/N-ethyl adjacent to an activating group) is 2. The van der Waals surface area contributed by atoms with Crippen molar-refractivity contribution in [3.63, 3.8) is 0 Å². The number of piperidine rings is 1. The molecular formula is C24H27FN4O2S. The molecule has 0 radical (unpaired) electrons. The highest BCUT2D eigenvalue weighted by molar-refractivity contribution is 7.22. The van der Waals surface area contributed by atoms with Crippen molar-refractivity contribution in [3.8, 4) is 5.75 Å². The van der Waals surface area contributed by atoms with E-state index in [1.165, 1.54) is 34.6 Å². The van der Waals surface area contributed by atoms with Gasteiger partial charge in [-0.05, 0) is 67.9 Å². The minimum Gasteiger partial charge on any atom is -0.497 e. The molecule has 1 saturated heterocycles. The van der Waals surface area contributed by atoms with Crippen LogP contribution in [0.3, 0.4) is 0 Å². The van der Waals surface area contributed by atoms with Crippen molar-refractivity contribution < 1.29 is 13.9 Å². The van der Waals surface area contributed by atoms with Crippen LogP contribution >= 0.6 is 11.3 Å². The quantitative estimate of drug-likeness (QED) is 0.633. The first kappa shape index (κ1) is 21.2. The maximum absolute atomic E-state index is 13.5. The highest BCUT2D eigenvalue weighted by atomic mass is 32.1. The SMILES string of the molecule is COc1ccc2c(c1)C1(C)CCN(C)[C@H](C2)[C@@H]1N(C)C(=O)Nc1nc2ccc(F)cc2s1. The van der Waals surface area contributed by atoms with Gasteiger partial charge < -0.3 is 14.5 Å². The molecule has 1 unspecified atom stereocenters. The van der Waals surface area contributed by atoms with Gasteiger partial charge in [0.15, 0.2) is 5.13 Å². The van der Waals surface area contributed by atoms with E-state index in [0.717, 1.165) is 25.1 Å². The van der Waals surface area contributed by atoms with Gasteiger partial charge in [-0.3, -0.25) is 5.32 Å². The summed E-state index contributed by atoms with van der Waals surface area (Å²) < 4.78 is 19.8. The average Bonchev–Trinajstić information content (AvgIpc) is 3.17. The van der Waals surface area contributed by atoms with Crippen LogP contribution in [0.25, 0.3) is 10.2 Å². The van der Waals surface area contributed by atoms with E-state index in [1.807, 2.05) is 18.0 Å². The molecule has 168 valence electrons. The van der Waals surface area contributed by atoms with Crippen LogP contribution < -0.4 is 10.1 Å². The molecule has 8 heteroatoms. The lowest BCUT2D eigenvalue weighted by Gasteiger charge is -2.57. The maximum atomic E-state index is 13.5. The van der Waals surface area contributed by atoms with Gasteiger partial charge in [0.25, 0.3) is 0 Å². The molecule has 3 aromatic rings. The summed E-state index contributed by atoms with van der Waals surface area (Å²) in [6.45, 7) is 3.24. The third-order valence-corrected chi connectivity index (χ3v) is 8.16. The number of urea groups is 1. The zero-order chi connectivity index (χ0) is 22.6. The van der Waals surface area contributed by atoms with Crippen LogP contribution in [-0.4, -0.2) is 60.6 Å². The van der Waals surface area contributed by atoms with Gasteiger partial charge in [-0.15, -0.1) is 0 Å². The number of amides is 2. The van der Waals surface area contributed by atoms with Crippen LogP contribution in [0.5, 0.6) is 5.75 Å². The van der Waals surface area contributed by atoms with Gasteiger partial charge in [-0.25, -0.2) is 14.2 Å². The summed E-state index contributed by atoms with van der Waals surface area (Å²) in [5, 5.41) is 3.42. The molecule has 2 aliphatic rings. The van der Waals surface area contributed by atoms with Gasteiger partial charge in [0.1, 0.15) is 11.6 Å². The molecule has 6 nitrogen and oxygen atoms in total. The minimum atomic E-state index is -0.309. The molecule has 2 heterocycles. The van der Waals surface area contributed by atoms with Crippen molar-refractivity contribution in [3.05, 3.63) is 53.3 Å². The lowest BCUT2D eigenvalue weighted by atomic mass is 9.61. The molecule has 1 aliphatic carbocycles. The van der Waals surface area contributed by atoms with E-state index >= 15 is 0 Å². The fourth-order valence-electron chi connectivity index (χ4n) is 5.51. The van der Waals surface area contributed by atoms with Crippen molar-refractivity contribution in [2.75, 3.05) is 33.1 Å². The van der Waals surface area contributed by atoms with Gasteiger partial charge in [0.2, 0.25) is 0 Å². The Labute approximate surface area is 191 Å². The number of carbonyl (C=O) groups excluding carboxylic acids is 1. The van der Waals surface area contributed by atoms with Crippen LogP contribution in [-0.2, 0) is 11.8 Å². The van der Waals surface area contributed by atoms with Gasteiger partial charge in [-0.1, -0.05) is 24.3 Å². The van der Waals surface area contributed by atoms with Crippen LogP contribution in [0.15, 0.2) is 36.4 Å². The number of methoxy groups -OCH3 is 1. The predicted octanol–water partition coefficient (Wildman–Crippen LogP) is 4.49. The second-order valence-corrected chi connectivity index (χ2v) is 10.1. The number of aromatic nitrogens is 1. The molecule has 1 aliphatic heterocycles. The van der Waals surface area contributed by atoms with Crippen molar-refractivity contribution in [1.82, 2.24) is 14.8 Å². The smallest absolute Gasteiger partial charge is 0.323 e. The van der Waals surface area contributed by atoms with Crippen LogP contribution in [0.4, 0.5) is 14.3 Å². The molecule has 3 atom stereocenters. The molecule has 0 saturated carbocycles. The molecule has 32 heavy (non-hydrogen) atoms. The number of rotatable bonds is 3. The van der Waals surface area contributed by atoms with Gasteiger partial charge in [0, 0.05) is 18.5 Å². The first-order valence-corrected chi connectivity index (χ1v) is 11.6. The number of fused-ring (bicyclic) bond motifs is 5. The number of nitrogens with zero attached hydrogens (tertiary/aromatic N) is 3. The molecular weight excluding hydrogens is 427 g/mol. The molecule has 2 bridgehead atoms. The number of nitrogens with one attached hydrogen (secondary N) is 1. The van der Waals surface area contributed by atoms with E-state index in [4.69, 9.17) is 4.74 Å². The molecule has 2 amide bonds. The third-order valence-electron chi connectivity index (χ3n) is 7.23. The molecule has 5 rings (SSSR count). The summed E-state index contributed by atoms with van der Waals surface area (Å²) in [6.07, 6.45) is 1.83. The van der Waals surface area contributed by atoms with Crippen LogP contribution in [0, 0.1) is 5.82 Å². The second-order valence-electron chi connectivity index (χ2n) is 9.06. The van der Waals surface area contributed by atoms with Crippen LogP contribution in [0.2, 0.25) is 0 Å². The number of halogens is 1. The van der Waals surface area contributed by atoms with Crippen molar-refractivity contribution >= 4 is 32.7 Å². The predicted molar refractivity (Wildman–Crippen MR) is 125 cm³/mol. The van der Waals surface area contributed by atoms with E-state index in [2.05, 4.69) is 41.3 Å². The highest BCUT2D eigenvalue weighted by Crippen LogP contribution is 2.47. The van der Waals surface area contributed by atoms with Gasteiger partial charge >= 0.3 is 6.03 Å². The number of hydrogen-bond donors (Lipinski definition) is 1. The van der Waals surface area contributed by atoms with Crippen molar-refractivity contribution in [2.24, 2.45) is 0 Å². The van der Waals surface area contributed by atoms with E-state index in [-0.39, 0.29) is 29.3 Å². The molecule has 0 spiro atoms. The second kappa shape index (κ2) is 7.71. The van der Waals surface area contributed by atoms with Gasteiger partial charge in [-0.2, -0.15) is 0 Å². The number of anilines is 1. The standard InChI is InChI=1S/C24H27FN4O2S/c1-24-9-10-28(2)19(11-14-5-7-16(31-4)13-17(14)24)21(24)29(3)23(30)27-22-26-18-8-6-15(25)12-20(18)32-22/h5-8,12-13,19,21H,9-11H2,1-4H3,(H,26,27,30)/t19-,21+,24?/m1/s1. The molecule has 1 N–H and O–H groups in total. The minimum absolute atomic E-state index is 0.00678. The number of ether oxygens (including phenoxy) is 1. The first-order chi connectivity index (χ1) is 15.3. The van der Waals surface area contributed by atoms with Crippen LogP contribution in [0.1, 0.15) is 24.5 Å². The Balaban J connectivity index is 1.46.